The molecule has 0 aromatic heterocycles. The van der Waals surface area contributed by atoms with Gasteiger partial charge in [-0.15, -0.1) is 12.4 Å². The van der Waals surface area contributed by atoms with Crippen LogP contribution in [0.1, 0.15) is 5.56 Å². The van der Waals surface area contributed by atoms with Crippen LogP contribution >= 0.6 is 24.0 Å². The van der Waals surface area contributed by atoms with Gasteiger partial charge >= 0.3 is 5.97 Å². The van der Waals surface area contributed by atoms with Crippen LogP contribution in [0, 0.1) is 0 Å². The minimum absolute atomic E-state index is 0. The first-order valence-corrected chi connectivity index (χ1v) is 4.73. The number of carbonyl (C=O) groups is 1. The van der Waals surface area contributed by atoms with Crippen molar-refractivity contribution in [2.24, 2.45) is 5.73 Å². The van der Waals surface area contributed by atoms with E-state index >= 15 is 0 Å². The Bertz CT molecular complexity index is 371. The molecule has 90 valence electrons. The normalized spacial score (nSPS) is 11.4. The maximum Gasteiger partial charge on any atom is 0.320 e. The van der Waals surface area contributed by atoms with Gasteiger partial charge < -0.3 is 15.6 Å². The van der Waals surface area contributed by atoms with Crippen molar-refractivity contribution in [2.75, 3.05) is 7.11 Å². The van der Waals surface area contributed by atoms with Crippen LogP contribution in [0.15, 0.2) is 18.2 Å². The number of rotatable bonds is 4. The van der Waals surface area contributed by atoms with Crippen molar-refractivity contribution in [2.45, 2.75) is 12.5 Å². The molecule has 4 nitrogen and oxygen atoms in total. The van der Waals surface area contributed by atoms with Crippen LogP contribution in [-0.4, -0.2) is 24.2 Å². The number of hydrogen-bond acceptors (Lipinski definition) is 3. The number of aliphatic carboxylic acids is 1. The number of halogens is 2. The van der Waals surface area contributed by atoms with E-state index < -0.39 is 12.0 Å². The summed E-state index contributed by atoms with van der Waals surface area (Å²) in [4.78, 5) is 10.5. The molecule has 0 aliphatic carbocycles. The first-order valence-electron chi connectivity index (χ1n) is 4.35. The maximum atomic E-state index is 10.5. The quantitative estimate of drug-likeness (QED) is 0.870. The third-order valence-corrected chi connectivity index (χ3v) is 2.28. The summed E-state index contributed by atoms with van der Waals surface area (Å²) < 4.78 is 4.97. The molecule has 6 heteroatoms. The first-order chi connectivity index (χ1) is 7.04. The van der Waals surface area contributed by atoms with Gasteiger partial charge in [0.25, 0.3) is 0 Å². The van der Waals surface area contributed by atoms with Crippen LogP contribution in [-0.2, 0) is 11.2 Å². The predicted molar refractivity (Wildman–Crippen MR) is 64.6 cm³/mol. The van der Waals surface area contributed by atoms with Crippen molar-refractivity contribution < 1.29 is 14.6 Å². The number of carboxylic acid groups (broad SMARTS) is 1. The van der Waals surface area contributed by atoms with Crippen molar-refractivity contribution >= 4 is 30.0 Å². The van der Waals surface area contributed by atoms with Gasteiger partial charge in [-0.1, -0.05) is 17.7 Å². The number of benzene rings is 1. The second-order valence-electron chi connectivity index (χ2n) is 3.12. The fraction of sp³-hybridized carbons (Fsp3) is 0.300. The summed E-state index contributed by atoms with van der Waals surface area (Å²) in [5, 5.41) is 9.08. The molecule has 16 heavy (non-hydrogen) atoms. The lowest BCUT2D eigenvalue weighted by Gasteiger charge is -2.08. The molecule has 0 aliphatic rings. The van der Waals surface area contributed by atoms with E-state index in [9.17, 15) is 4.79 Å². The largest absolute Gasteiger partial charge is 0.495 e. The fourth-order valence-electron chi connectivity index (χ4n) is 1.18. The summed E-state index contributed by atoms with van der Waals surface area (Å²) >= 11 is 5.88. The molecule has 0 heterocycles. The Hall–Kier alpha value is -0.970. The van der Waals surface area contributed by atoms with Gasteiger partial charge in [-0.05, 0) is 24.1 Å². The maximum absolute atomic E-state index is 10.5. The average molecular weight is 266 g/mol. The van der Waals surface area contributed by atoms with Crippen LogP contribution in [0.25, 0.3) is 0 Å². The molecule has 1 aromatic rings. The molecule has 1 aromatic carbocycles. The van der Waals surface area contributed by atoms with E-state index in [0.717, 1.165) is 5.56 Å². The zero-order valence-electron chi connectivity index (χ0n) is 8.64. The number of hydrogen-bond donors (Lipinski definition) is 2. The highest BCUT2D eigenvalue weighted by molar-refractivity contribution is 6.32. The van der Waals surface area contributed by atoms with Gasteiger partial charge in [0.2, 0.25) is 0 Å². The van der Waals surface area contributed by atoms with Crippen molar-refractivity contribution in [3.8, 4) is 5.75 Å². The van der Waals surface area contributed by atoms with E-state index in [1.54, 1.807) is 18.2 Å². The van der Waals surface area contributed by atoms with Crippen LogP contribution < -0.4 is 10.5 Å². The monoisotopic (exact) mass is 265 g/mol. The van der Waals surface area contributed by atoms with Crippen LogP contribution in [0.4, 0.5) is 0 Å². The Kier molecular flexibility index (Phi) is 6.18. The van der Waals surface area contributed by atoms with Crippen molar-refractivity contribution in [3.63, 3.8) is 0 Å². The van der Waals surface area contributed by atoms with Crippen LogP contribution in [0.2, 0.25) is 5.02 Å². The van der Waals surface area contributed by atoms with Gasteiger partial charge in [0.1, 0.15) is 11.8 Å². The van der Waals surface area contributed by atoms with Crippen molar-refractivity contribution in [1.29, 1.82) is 0 Å². The Labute approximate surface area is 105 Å². The minimum Gasteiger partial charge on any atom is -0.495 e. The molecule has 0 radical (unpaired) electrons. The molecule has 0 spiro atoms. The molecule has 0 amide bonds. The second-order valence-corrected chi connectivity index (χ2v) is 3.52. The molecule has 0 saturated heterocycles. The first kappa shape index (κ1) is 15.0. The summed E-state index contributed by atoms with van der Waals surface area (Å²) in [6.45, 7) is 0. The van der Waals surface area contributed by atoms with Crippen LogP contribution in [0.3, 0.4) is 0 Å². The van der Waals surface area contributed by atoms with E-state index in [1.807, 2.05) is 0 Å². The van der Waals surface area contributed by atoms with Crippen molar-refractivity contribution in [3.05, 3.63) is 28.8 Å². The summed E-state index contributed by atoms with van der Waals surface area (Å²) in [6.07, 6.45) is 0.249. The van der Waals surface area contributed by atoms with E-state index in [1.165, 1.54) is 7.11 Å². The molecule has 0 bridgehead atoms. The molecule has 1 rings (SSSR count). The Morgan fingerprint density at radius 3 is 2.69 bits per heavy atom. The molecule has 0 aliphatic heterocycles. The lowest BCUT2D eigenvalue weighted by molar-refractivity contribution is -0.138. The van der Waals surface area contributed by atoms with Gasteiger partial charge in [0.15, 0.2) is 0 Å². The Morgan fingerprint density at radius 1 is 1.62 bits per heavy atom. The molecular formula is C10H13Cl2NO3. The molecule has 1 atom stereocenters. The van der Waals surface area contributed by atoms with Gasteiger partial charge in [-0.3, -0.25) is 4.79 Å². The zero-order valence-corrected chi connectivity index (χ0v) is 10.2. The van der Waals surface area contributed by atoms with Gasteiger partial charge in [0.05, 0.1) is 12.1 Å². The van der Waals surface area contributed by atoms with E-state index in [0.29, 0.717) is 10.8 Å². The smallest absolute Gasteiger partial charge is 0.320 e. The van der Waals surface area contributed by atoms with Gasteiger partial charge in [-0.2, -0.15) is 0 Å². The molecule has 3 N–H and O–H groups in total. The SMILES string of the molecule is COc1ccc(C[C@H](N)C(=O)O)cc1Cl.Cl. The zero-order chi connectivity index (χ0) is 11.4. The van der Waals surface area contributed by atoms with E-state index in [4.69, 9.17) is 27.2 Å². The van der Waals surface area contributed by atoms with Crippen molar-refractivity contribution in [1.82, 2.24) is 0 Å². The third kappa shape index (κ3) is 3.89. The molecule has 0 saturated carbocycles. The third-order valence-electron chi connectivity index (χ3n) is 1.99. The molecular weight excluding hydrogens is 253 g/mol. The summed E-state index contributed by atoms with van der Waals surface area (Å²) in [7, 11) is 1.52. The number of methoxy groups -OCH3 is 1. The van der Waals surface area contributed by atoms with Crippen LogP contribution in [0.5, 0.6) is 5.75 Å². The summed E-state index contributed by atoms with van der Waals surface area (Å²) in [6, 6.07) is 4.18. The highest BCUT2D eigenvalue weighted by Gasteiger charge is 2.12. The van der Waals surface area contributed by atoms with E-state index in [-0.39, 0.29) is 18.8 Å². The van der Waals surface area contributed by atoms with E-state index in [2.05, 4.69) is 0 Å². The Balaban J connectivity index is 0.00000225. The van der Waals surface area contributed by atoms with Gasteiger partial charge in [-0.25, -0.2) is 0 Å². The predicted octanol–water partition coefficient (Wildman–Crippen LogP) is 1.72. The average Bonchev–Trinajstić information content (AvgIpc) is 2.18. The standard InChI is InChI=1S/C10H12ClNO3.ClH/c1-15-9-3-2-6(4-7(9)11)5-8(12)10(13)14;/h2-4,8H,5,12H2,1H3,(H,13,14);1H/t8-;/m0./s1. The Morgan fingerprint density at radius 2 is 2.25 bits per heavy atom. The molecule has 0 unspecified atom stereocenters. The topological polar surface area (TPSA) is 72.5 Å². The minimum atomic E-state index is -1.03. The summed E-state index contributed by atoms with van der Waals surface area (Å²) in [5.41, 5.74) is 6.17. The lowest BCUT2D eigenvalue weighted by atomic mass is 10.1. The highest BCUT2D eigenvalue weighted by atomic mass is 35.5. The molecule has 0 fully saturated rings. The lowest BCUT2D eigenvalue weighted by Crippen LogP contribution is -2.32. The second kappa shape index (κ2) is 6.58. The highest BCUT2D eigenvalue weighted by Crippen LogP contribution is 2.25. The fourth-order valence-corrected chi connectivity index (χ4v) is 1.46. The number of carboxylic acids is 1. The van der Waals surface area contributed by atoms with Gasteiger partial charge in [0, 0.05) is 0 Å². The summed E-state index contributed by atoms with van der Waals surface area (Å²) in [5.74, 6) is -0.466. The number of nitrogens with two attached hydrogens (primary N) is 1. The number of ether oxygens (including phenoxy) is 1.